The molecule has 27 heavy (non-hydrogen) atoms. The lowest BCUT2D eigenvalue weighted by Gasteiger charge is -2.59. The molecule has 1 amide bonds. The van der Waals surface area contributed by atoms with Crippen LogP contribution >= 0.6 is 0 Å². The number of H-pyrrole nitrogens is 1. The minimum atomic E-state index is -0.449. The topological polar surface area (TPSA) is 74.8 Å². The molecule has 4 bridgehead atoms. The van der Waals surface area contributed by atoms with Crippen molar-refractivity contribution in [2.75, 3.05) is 0 Å². The van der Waals surface area contributed by atoms with E-state index >= 15 is 0 Å². The number of nitrogens with zero attached hydrogens (tertiary/aromatic N) is 1. The van der Waals surface area contributed by atoms with Crippen molar-refractivity contribution in [3.8, 4) is 0 Å². The molecule has 0 aromatic carbocycles. The zero-order valence-electron chi connectivity index (χ0n) is 17.1. The van der Waals surface area contributed by atoms with Crippen molar-refractivity contribution < 1.29 is 4.79 Å². The Labute approximate surface area is 161 Å². The van der Waals surface area contributed by atoms with Crippen LogP contribution in [-0.4, -0.2) is 21.9 Å². The molecule has 148 valence electrons. The molecule has 1 aromatic heterocycles. The Morgan fingerprint density at radius 2 is 1.78 bits per heavy atom. The maximum Gasteiger partial charge on any atom is 0.345 e. The summed E-state index contributed by atoms with van der Waals surface area (Å²) in [5.74, 6) is 2.36. The lowest BCUT2D eigenvalue weighted by Crippen LogP contribution is -2.56. The normalized spacial score (nSPS) is 33.1. The zero-order chi connectivity index (χ0) is 19.4. The third-order valence-corrected chi connectivity index (χ3v) is 7.32. The molecule has 0 spiro atoms. The summed E-state index contributed by atoms with van der Waals surface area (Å²) in [7, 11) is 0. The fraction of sp³-hybridized carbons (Fsp3) is 0.773. The van der Waals surface area contributed by atoms with Crippen molar-refractivity contribution in [1.29, 1.82) is 0 Å². The van der Waals surface area contributed by atoms with Gasteiger partial charge in [0.25, 0.3) is 5.91 Å². The van der Waals surface area contributed by atoms with Gasteiger partial charge in [0.1, 0.15) is 5.69 Å². The van der Waals surface area contributed by atoms with Crippen LogP contribution in [0.2, 0.25) is 0 Å². The van der Waals surface area contributed by atoms with Gasteiger partial charge < -0.3 is 10.3 Å². The van der Waals surface area contributed by atoms with Crippen LogP contribution in [0.25, 0.3) is 0 Å². The van der Waals surface area contributed by atoms with E-state index in [1.165, 1.54) is 38.5 Å². The molecule has 4 saturated carbocycles. The second-order valence-corrected chi connectivity index (χ2v) is 10.4. The number of carbonyl (C=O) groups is 1. The molecule has 5 heteroatoms. The molecule has 4 aliphatic rings. The minimum Gasteiger partial charge on any atom is -0.347 e. The summed E-state index contributed by atoms with van der Waals surface area (Å²) < 4.78 is 0. The second-order valence-electron chi connectivity index (χ2n) is 10.4. The number of nitrogens with one attached hydrogen (secondary N) is 2. The van der Waals surface area contributed by atoms with E-state index in [0.717, 1.165) is 29.9 Å². The standard InChI is InChI=1S/C22H33N3O2/c1-5-17(22-10-13-6-14(11-22)8-15(7-13)12-22)24-19(26)16-9-18(21(2,3)4)25-20(27)23-16/h9,13-15,17H,5-8,10-12H2,1-4H3,(H,24,26)(H,23,25,27)/t13?,14?,15?,17-,22?/m0/s1. The van der Waals surface area contributed by atoms with E-state index in [0.29, 0.717) is 0 Å². The van der Waals surface area contributed by atoms with E-state index in [4.69, 9.17) is 0 Å². The Balaban J connectivity index is 1.57. The maximum atomic E-state index is 13.0. The summed E-state index contributed by atoms with van der Waals surface area (Å²) in [6, 6.07) is 1.92. The molecule has 0 aliphatic heterocycles. The molecule has 4 fully saturated rings. The molecular weight excluding hydrogens is 338 g/mol. The zero-order valence-corrected chi connectivity index (χ0v) is 17.1. The first kappa shape index (κ1) is 18.7. The van der Waals surface area contributed by atoms with Gasteiger partial charge in [-0.2, -0.15) is 4.98 Å². The van der Waals surface area contributed by atoms with Gasteiger partial charge in [-0.1, -0.05) is 27.7 Å². The highest BCUT2D eigenvalue weighted by Gasteiger charge is 2.54. The van der Waals surface area contributed by atoms with Crippen LogP contribution < -0.4 is 11.0 Å². The molecule has 0 saturated heterocycles. The third kappa shape index (κ3) is 3.45. The second kappa shape index (κ2) is 6.46. The van der Waals surface area contributed by atoms with E-state index in [1.807, 2.05) is 20.8 Å². The van der Waals surface area contributed by atoms with Crippen LogP contribution in [0.15, 0.2) is 10.9 Å². The van der Waals surface area contributed by atoms with Gasteiger partial charge in [-0.05, 0) is 74.2 Å². The molecule has 4 aliphatic carbocycles. The summed E-state index contributed by atoms with van der Waals surface area (Å²) in [6.45, 7) is 8.23. The van der Waals surface area contributed by atoms with Gasteiger partial charge in [0, 0.05) is 17.2 Å². The minimum absolute atomic E-state index is 0.178. The van der Waals surface area contributed by atoms with Crippen LogP contribution in [0.4, 0.5) is 0 Å². The smallest absolute Gasteiger partial charge is 0.345 e. The van der Waals surface area contributed by atoms with E-state index in [9.17, 15) is 9.59 Å². The van der Waals surface area contributed by atoms with Gasteiger partial charge in [-0.15, -0.1) is 0 Å². The van der Waals surface area contributed by atoms with Crippen molar-refractivity contribution in [3.05, 3.63) is 27.9 Å². The largest absolute Gasteiger partial charge is 0.347 e. The molecule has 0 radical (unpaired) electrons. The van der Waals surface area contributed by atoms with Gasteiger partial charge >= 0.3 is 5.69 Å². The number of aromatic amines is 1. The van der Waals surface area contributed by atoms with Crippen molar-refractivity contribution in [1.82, 2.24) is 15.3 Å². The summed E-state index contributed by atoms with van der Waals surface area (Å²) in [4.78, 5) is 31.7. The Hall–Kier alpha value is -1.65. The van der Waals surface area contributed by atoms with Crippen molar-refractivity contribution in [2.24, 2.45) is 23.2 Å². The van der Waals surface area contributed by atoms with Crippen molar-refractivity contribution in [2.45, 2.75) is 84.1 Å². The summed E-state index contributed by atoms with van der Waals surface area (Å²) in [5, 5.41) is 3.29. The highest BCUT2D eigenvalue weighted by molar-refractivity contribution is 5.92. The average molecular weight is 372 g/mol. The number of hydrogen-bond acceptors (Lipinski definition) is 3. The van der Waals surface area contributed by atoms with Gasteiger partial charge in [0.2, 0.25) is 0 Å². The maximum absolute atomic E-state index is 13.0. The Morgan fingerprint density at radius 1 is 1.22 bits per heavy atom. The number of rotatable bonds is 4. The Morgan fingerprint density at radius 3 is 2.26 bits per heavy atom. The van der Waals surface area contributed by atoms with Crippen LogP contribution in [-0.2, 0) is 5.41 Å². The lowest BCUT2D eigenvalue weighted by atomic mass is 9.47. The van der Waals surface area contributed by atoms with E-state index < -0.39 is 5.69 Å². The highest BCUT2D eigenvalue weighted by atomic mass is 16.2. The number of carbonyl (C=O) groups excluding carboxylic acids is 1. The fourth-order valence-electron chi connectivity index (χ4n) is 6.50. The summed E-state index contributed by atoms with van der Waals surface area (Å²) in [5.41, 5.74) is 0.562. The van der Waals surface area contributed by atoms with E-state index in [-0.39, 0.29) is 28.5 Å². The molecule has 1 atom stereocenters. The van der Waals surface area contributed by atoms with Gasteiger partial charge in [-0.25, -0.2) is 4.79 Å². The molecule has 1 heterocycles. The first-order valence-corrected chi connectivity index (χ1v) is 10.6. The molecule has 5 nitrogen and oxygen atoms in total. The molecule has 5 rings (SSSR count). The quantitative estimate of drug-likeness (QED) is 0.845. The van der Waals surface area contributed by atoms with Crippen molar-refractivity contribution >= 4 is 5.91 Å². The SMILES string of the molecule is CC[C@H](NC(=O)c1cc(C(C)(C)C)[nH]c(=O)n1)C12CC3CC(CC(C3)C1)C2. The van der Waals surface area contributed by atoms with E-state index in [2.05, 4.69) is 22.2 Å². The summed E-state index contributed by atoms with van der Waals surface area (Å²) >= 11 is 0. The van der Waals surface area contributed by atoms with Crippen LogP contribution in [0.5, 0.6) is 0 Å². The number of aromatic nitrogens is 2. The van der Waals surface area contributed by atoms with Crippen molar-refractivity contribution in [3.63, 3.8) is 0 Å². The Kier molecular flexibility index (Phi) is 4.47. The Bertz CT molecular complexity index is 754. The van der Waals surface area contributed by atoms with Gasteiger partial charge in [0.05, 0.1) is 0 Å². The molecule has 1 aromatic rings. The first-order valence-electron chi connectivity index (χ1n) is 10.6. The molecule has 2 N–H and O–H groups in total. The first-order chi connectivity index (χ1) is 12.7. The summed E-state index contributed by atoms with van der Waals surface area (Å²) in [6.07, 6.45) is 8.90. The number of hydrogen-bond donors (Lipinski definition) is 2. The number of amides is 1. The van der Waals surface area contributed by atoms with Gasteiger partial charge in [0.15, 0.2) is 0 Å². The van der Waals surface area contributed by atoms with Crippen LogP contribution in [0, 0.1) is 23.2 Å². The highest BCUT2D eigenvalue weighted by Crippen LogP contribution is 2.61. The predicted octanol–water partition coefficient (Wildman–Crippen LogP) is 3.79. The lowest BCUT2D eigenvalue weighted by molar-refractivity contribution is -0.0727. The van der Waals surface area contributed by atoms with Crippen LogP contribution in [0.3, 0.4) is 0 Å². The average Bonchev–Trinajstić information content (AvgIpc) is 2.56. The third-order valence-electron chi connectivity index (χ3n) is 7.32. The molecule has 0 unspecified atom stereocenters. The van der Waals surface area contributed by atoms with E-state index in [1.54, 1.807) is 6.07 Å². The fourth-order valence-corrected chi connectivity index (χ4v) is 6.50. The van der Waals surface area contributed by atoms with Crippen LogP contribution in [0.1, 0.15) is 88.8 Å². The monoisotopic (exact) mass is 371 g/mol. The molecular formula is C22H33N3O2. The predicted molar refractivity (Wildman–Crippen MR) is 106 cm³/mol. The van der Waals surface area contributed by atoms with Gasteiger partial charge in [-0.3, -0.25) is 4.79 Å².